The maximum Gasteiger partial charge on any atom is 0.231 e. The highest BCUT2D eigenvalue weighted by atomic mass is 32.1. The maximum atomic E-state index is 12.3. The summed E-state index contributed by atoms with van der Waals surface area (Å²) < 4.78 is 10.6. The van der Waals surface area contributed by atoms with Gasteiger partial charge in [0, 0.05) is 24.9 Å². The highest BCUT2D eigenvalue weighted by Crippen LogP contribution is 2.32. The first-order valence-corrected chi connectivity index (χ1v) is 10.1. The normalized spacial score (nSPS) is 17.5. The summed E-state index contributed by atoms with van der Waals surface area (Å²) in [7, 11) is 0. The summed E-state index contributed by atoms with van der Waals surface area (Å²) in [6.07, 6.45) is 0.999. The predicted molar refractivity (Wildman–Crippen MR) is 105 cm³/mol. The Balaban J connectivity index is 1.24. The Labute approximate surface area is 170 Å². The first-order chi connectivity index (χ1) is 14.1. The van der Waals surface area contributed by atoms with E-state index in [9.17, 15) is 14.4 Å². The first kappa shape index (κ1) is 19.2. The van der Waals surface area contributed by atoms with E-state index >= 15 is 0 Å². The molecule has 0 radical (unpaired) electrons. The molecule has 10 heteroatoms. The zero-order valence-electron chi connectivity index (χ0n) is 15.5. The summed E-state index contributed by atoms with van der Waals surface area (Å²) >= 11 is 1.27. The molecule has 3 amide bonds. The lowest BCUT2D eigenvalue weighted by Gasteiger charge is -2.20. The van der Waals surface area contributed by atoms with Crippen molar-refractivity contribution in [3.8, 4) is 11.5 Å². The summed E-state index contributed by atoms with van der Waals surface area (Å²) in [5.41, 5.74) is 1.50. The van der Waals surface area contributed by atoms with Crippen molar-refractivity contribution in [2.75, 3.05) is 18.7 Å². The van der Waals surface area contributed by atoms with Crippen LogP contribution in [0.15, 0.2) is 23.6 Å². The van der Waals surface area contributed by atoms with Crippen LogP contribution in [0.1, 0.15) is 24.1 Å². The minimum atomic E-state index is -0.259. The number of nitrogens with zero attached hydrogens (tertiary/aromatic N) is 1. The number of benzene rings is 1. The van der Waals surface area contributed by atoms with Crippen molar-refractivity contribution < 1.29 is 23.9 Å². The van der Waals surface area contributed by atoms with Crippen LogP contribution in [0.2, 0.25) is 0 Å². The van der Waals surface area contributed by atoms with Crippen molar-refractivity contribution in [3.63, 3.8) is 0 Å². The third-order valence-electron chi connectivity index (χ3n) is 4.69. The number of piperidine rings is 1. The second-order valence-electron chi connectivity index (χ2n) is 6.81. The molecule has 0 saturated carbocycles. The maximum absolute atomic E-state index is 12.3. The van der Waals surface area contributed by atoms with Crippen molar-refractivity contribution in [3.05, 3.63) is 34.8 Å². The number of aromatic nitrogens is 1. The van der Waals surface area contributed by atoms with E-state index in [1.165, 1.54) is 11.3 Å². The molecule has 0 spiro atoms. The molecule has 2 aromatic rings. The molecule has 3 N–H and O–H groups in total. The third kappa shape index (κ3) is 4.83. The molecule has 1 aromatic heterocycles. The molecule has 29 heavy (non-hydrogen) atoms. The molecule has 1 aromatic carbocycles. The standard InChI is InChI=1S/C19H20N4O5S/c24-16-4-2-12(8-21-16)18(26)23-19-22-13(9-29-19)6-17(25)20-7-11-1-3-14-15(5-11)28-10-27-14/h1,3,5,9,12H,2,4,6-8,10H2,(H,20,25)(H,21,24)(H,22,23,26). The van der Waals surface area contributed by atoms with Crippen molar-refractivity contribution >= 4 is 34.2 Å². The lowest BCUT2D eigenvalue weighted by Crippen LogP contribution is -2.40. The number of ether oxygens (including phenoxy) is 2. The van der Waals surface area contributed by atoms with Crippen LogP contribution >= 0.6 is 11.3 Å². The molecule has 4 rings (SSSR count). The zero-order chi connectivity index (χ0) is 20.2. The molecule has 2 aliphatic heterocycles. The van der Waals surface area contributed by atoms with Crippen LogP contribution in [0.3, 0.4) is 0 Å². The minimum Gasteiger partial charge on any atom is -0.454 e. The Bertz CT molecular complexity index is 934. The molecule has 3 heterocycles. The Kier molecular flexibility index (Phi) is 5.61. The monoisotopic (exact) mass is 416 g/mol. The average molecular weight is 416 g/mol. The molecule has 0 aliphatic carbocycles. The smallest absolute Gasteiger partial charge is 0.231 e. The van der Waals surface area contributed by atoms with Gasteiger partial charge in [-0.25, -0.2) is 4.98 Å². The fourth-order valence-electron chi connectivity index (χ4n) is 3.09. The largest absolute Gasteiger partial charge is 0.454 e. The van der Waals surface area contributed by atoms with Crippen LogP contribution in [-0.2, 0) is 27.3 Å². The second kappa shape index (κ2) is 8.48. The van der Waals surface area contributed by atoms with Gasteiger partial charge >= 0.3 is 0 Å². The summed E-state index contributed by atoms with van der Waals surface area (Å²) in [4.78, 5) is 39.9. The van der Waals surface area contributed by atoms with Gasteiger partial charge in [0.25, 0.3) is 0 Å². The Morgan fingerprint density at radius 3 is 2.97 bits per heavy atom. The van der Waals surface area contributed by atoms with Gasteiger partial charge in [-0.15, -0.1) is 11.3 Å². The number of carbonyl (C=O) groups is 3. The molecule has 152 valence electrons. The lowest BCUT2D eigenvalue weighted by atomic mass is 9.98. The fourth-order valence-corrected chi connectivity index (χ4v) is 3.80. The highest BCUT2D eigenvalue weighted by molar-refractivity contribution is 7.13. The van der Waals surface area contributed by atoms with Gasteiger partial charge in [-0.3, -0.25) is 14.4 Å². The molecular weight excluding hydrogens is 396 g/mol. The van der Waals surface area contributed by atoms with Crippen LogP contribution in [0.5, 0.6) is 11.5 Å². The van der Waals surface area contributed by atoms with Gasteiger partial charge in [-0.2, -0.15) is 0 Å². The fraction of sp³-hybridized carbons (Fsp3) is 0.368. The van der Waals surface area contributed by atoms with Crippen molar-refractivity contribution in [2.45, 2.75) is 25.8 Å². The quantitative estimate of drug-likeness (QED) is 0.651. The number of fused-ring (bicyclic) bond motifs is 1. The van der Waals surface area contributed by atoms with Crippen molar-refractivity contribution in [1.29, 1.82) is 0 Å². The summed E-state index contributed by atoms with van der Waals surface area (Å²) in [6.45, 7) is 0.922. The molecule has 1 unspecified atom stereocenters. The van der Waals surface area contributed by atoms with E-state index in [-0.39, 0.29) is 36.9 Å². The zero-order valence-corrected chi connectivity index (χ0v) is 16.3. The SMILES string of the molecule is O=C1CCC(C(=O)Nc2nc(CC(=O)NCc3ccc4c(c3)OCO4)cs2)CN1. The topological polar surface area (TPSA) is 119 Å². The van der Waals surface area contributed by atoms with Crippen LogP contribution in [-0.4, -0.2) is 36.0 Å². The minimum absolute atomic E-state index is 0.0302. The summed E-state index contributed by atoms with van der Waals surface area (Å²) in [5, 5.41) is 10.5. The number of anilines is 1. The van der Waals surface area contributed by atoms with E-state index in [1.807, 2.05) is 18.2 Å². The van der Waals surface area contributed by atoms with E-state index in [2.05, 4.69) is 20.9 Å². The van der Waals surface area contributed by atoms with Crippen LogP contribution < -0.4 is 25.4 Å². The van der Waals surface area contributed by atoms with E-state index in [0.29, 0.717) is 48.3 Å². The van der Waals surface area contributed by atoms with E-state index in [0.717, 1.165) is 5.56 Å². The highest BCUT2D eigenvalue weighted by Gasteiger charge is 2.25. The van der Waals surface area contributed by atoms with Gasteiger partial charge in [0.1, 0.15) is 0 Å². The molecule has 1 saturated heterocycles. The summed E-state index contributed by atoms with van der Waals surface area (Å²) in [6, 6.07) is 5.53. The summed E-state index contributed by atoms with van der Waals surface area (Å²) in [5.74, 6) is 0.753. The second-order valence-corrected chi connectivity index (χ2v) is 7.67. The Morgan fingerprint density at radius 1 is 1.28 bits per heavy atom. The molecule has 1 fully saturated rings. The predicted octanol–water partition coefficient (Wildman–Crippen LogP) is 1.20. The van der Waals surface area contributed by atoms with Crippen LogP contribution in [0, 0.1) is 5.92 Å². The average Bonchev–Trinajstić information content (AvgIpc) is 3.35. The number of thiazole rings is 1. The number of hydrogen-bond acceptors (Lipinski definition) is 7. The van der Waals surface area contributed by atoms with Crippen molar-refractivity contribution in [2.24, 2.45) is 5.92 Å². The van der Waals surface area contributed by atoms with Crippen molar-refractivity contribution in [1.82, 2.24) is 15.6 Å². The first-order valence-electron chi connectivity index (χ1n) is 9.24. The number of amides is 3. The molecule has 1 atom stereocenters. The van der Waals surface area contributed by atoms with Crippen LogP contribution in [0.25, 0.3) is 0 Å². The van der Waals surface area contributed by atoms with Gasteiger partial charge in [0.05, 0.1) is 18.0 Å². The number of hydrogen-bond donors (Lipinski definition) is 3. The van der Waals surface area contributed by atoms with Gasteiger partial charge in [0.15, 0.2) is 16.6 Å². The molecular formula is C19H20N4O5S. The van der Waals surface area contributed by atoms with Crippen LogP contribution in [0.4, 0.5) is 5.13 Å². The number of carbonyl (C=O) groups excluding carboxylic acids is 3. The van der Waals surface area contributed by atoms with Gasteiger partial charge < -0.3 is 25.4 Å². The molecule has 0 bridgehead atoms. The van der Waals surface area contributed by atoms with Gasteiger partial charge in [-0.05, 0) is 24.1 Å². The number of rotatable bonds is 6. The van der Waals surface area contributed by atoms with E-state index < -0.39 is 0 Å². The molecule has 9 nitrogen and oxygen atoms in total. The van der Waals surface area contributed by atoms with Gasteiger partial charge in [-0.1, -0.05) is 6.07 Å². The Morgan fingerprint density at radius 2 is 2.14 bits per heavy atom. The van der Waals surface area contributed by atoms with E-state index in [1.54, 1.807) is 5.38 Å². The van der Waals surface area contributed by atoms with E-state index in [4.69, 9.17) is 9.47 Å². The Hall–Kier alpha value is -3.14. The molecule has 2 aliphatic rings. The third-order valence-corrected chi connectivity index (χ3v) is 5.49. The van der Waals surface area contributed by atoms with Gasteiger partial charge in [0.2, 0.25) is 24.5 Å². The number of nitrogens with one attached hydrogen (secondary N) is 3. The lowest BCUT2D eigenvalue weighted by molar-refractivity contribution is -0.126.